The summed E-state index contributed by atoms with van der Waals surface area (Å²) in [6, 6.07) is 17.2. The van der Waals surface area contributed by atoms with Gasteiger partial charge in [-0.1, -0.05) is 62.0 Å². The monoisotopic (exact) mass is 471 g/mol. The zero-order valence-electron chi connectivity index (χ0n) is 20.0. The number of carbonyl (C=O) groups is 1. The maximum atomic E-state index is 13.6. The Morgan fingerprint density at radius 2 is 1.82 bits per heavy atom. The summed E-state index contributed by atoms with van der Waals surface area (Å²) < 4.78 is 3.74. The quantitative estimate of drug-likeness (QED) is 0.135. The van der Waals surface area contributed by atoms with Crippen LogP contribution < -0.4 is 5.56 Å². The molecule has 0 atom stereocenters. The molecule has 0 aliphatic rings. The predicted molar refractivity (Wildman–Crippen MR) is 141 cm³/mol. The van der Waals surface area contributed by atoms with E-state index in [0.29, 0.717) is 28.2 Å². The van der Waals surface area contributed by atoms with E-state index in [1.165, 1.54) is 11.8 Å². The molecule has 0 saturated heterocycles. The molecule has 4 rings (SSSR count). The fourth-order valence-electron chi connectivity index (χ4n) is 4.30. The minimum Gasteiger partial charge on any atom is -0.345 e. The number of rotatable bonds is 8. The number of Topliss-reactive ketones (excluding diaryl/α,β-unsaturated/α-hetero) is 1. The molecule has 2 heterocycles. The molecule has 5 nitrogen and oxygen atoms in total. The Morgan fingerprint density at radius 3 is 2.56 bits per heavy atom. The van der Waals surface area contributed by atoms with Gasteiger partial charge in [-0.05, 0) is 49.6 Å². The number of hydrogen-bond acceptors (Lipinski definition) is 4. The van der Waals surface area contributed by atoms with Gasteiger partial charge in [0.15, 0.2) is 10.9 Å². The van der Waals surface area contributed by atoms with E-state index in [4.69, 9.17) is 4.98 Å². The highest BCUT2D eigenvalue weighted by Gasteiger charge is 2.20. The molecule has 0 unspecified atom stereocenters. The summed E-state index contributed by atoms with van der Waals surface area (Å²) in [4.78, 5) is 31.6. The Hall–Kier alpha value is -3.38. The molecule has 2 aromatic carbocycles. The fraction of sp³-hybridized carbons (Fsp3) is 0.250. The third kappa shape index (κ3) is 4.38. The van der Waals surface area contributed by atoms with Crippen molar-refractivity contribution in [3.05, 3.63) is 100 Å². The van der Waals surface area contributed by atoms with Crippen LogP contribution in [-0.4, -0.2) is 25.7 Å². The smallest absolute Gasteiger partial charge is 0.266 e. The van der Waals surface area contributed by atoms with Crippen LogP contribution in [0.2, 0.25) is 0 Å². The lowest BCUT2D eigenvalue weighted by molar-refractivity contribution is 0.102. The van der Waals surface area contributed by atoms with E-state index in [1.54, 1.807) is 10.6 Å². The molecule has 0 bridgehead atoms. The predicted octanol–water partition coefficient (Wildman–Crippen LogP) is 6.09. The summed E-state index contributed by atoms with van der Waals surface area (Å²) in [6.07, 6.45) is 1.83. The van der Waals surface area contributed by atoms with Crippen molar-refractivity contribution in [3.63, 3.8) is 0 Å². The van der Waals surface area contributed by atoms with Gasteiger partial charge in [0.05, 0.1) is 22.3 Å². The molecule has 2 aromatic heterocycles. The highest BCUT2D eigenvalue weighted by Crippen LogP contribution is 2.28. The maximum Gasteiger partial charge on any atom is 0.266 e. The van der Waals surface area contributed by atoms with E-state index in [1.807, 2.05) is 68.5 Å². The highest BCUT2D eigenvalue weighted by atomic mass is 32.2. The number of hydrogen-bond donors (Lipinski definition) is 0. The molecule has 34 heavy (non-hydrogen) atoms. The molecule has 0 saturated carbocycles. The Morgan fingerprint density at radius 1 is 1.12 bits per heavy atom. The first-order valence-electron chi connectivity index (χ1n) is 11.4. The molecular weight excluding hydrogens is 442 g/mol. The number of aryl methyl sites for hydroxylation is 1. The van der Waals surface area contributed by atoms with Crippen molar-refractivity contribution in [1.29, 1.82) is 0 Å². The molecule has 0 spiro atoms. The van der Waals surface area contributed by atoms with Gasteiger partial charge in [0.25, 0.3) is 5.56 Å². The first kappa shape index (κ1) is 23.8. The van der Waals surface area contributed by atoms with Crippen molar-refractivity contribution in [3.8, 4) is 5.69 Å². The Labute approximate surface area is 204 Å². The molecule has 0 aliphatic carbocycles. The molecule has 0 radical (unpaired) electrons. The number of nitrogens with zero attached hydrogens (tertiary/aromatic N) is 3. The number of allylic oxidation sites excluding steroid dienone is 1. The second-order valence-corrected chi connectivity index (χ2v) is 9.60. The van der Waals surface area contributed by atoms with Gasteiger partial charge < -0.3 is 4.57 Å². The molecule has 4 aromatic rings. The van der Waals surface area contributed by atoms with Crippen LogP contribution >= 0.6 is 11.8 Å². The van der Waals surface area contributed by atoms with E-state index in [9.17, 15) is 9.59 Å². The van der Waals surface area contributed by atoms with Crippen molar-refractivity contribution in [1.82, 2.24) is 14.1 Å². The van der Waals surface area contributed by atoms with Crippen LogP contribution in [0, 0.1) is 13.8 Å². The summed E-state index contributed by atoms with van der Waals surface area (Å²) >= 11 is 1.30. The zero-order valence-corrected chi connectivity index (χ0v) is 20.9. The number of benzene rings is 2. The minimum atomic E-state index is -0.127. The van der Waals surface area contributed by atoms with Gasteiger partial charge in [-0.2, -0.15) is 0 Å². The topological polar surface area (TPSA) is 56.9 Å². The summed E-state index contributed by atoms with van der Waals surface area (Å²) in [5.41, 5.74) is 5.02. The number of carbonyl (C=O) groups excluding carboxylic acids is 1. The lowest BCUT2D eigenvalue weighted by Gasteiger charge is -2.18. The standard InChI is InChI=1S/C28H29N3O2S/c1-6-15-30-19(4)16-23(20(30)5)26(32)17-34-28-29-24-13-9-7-12-22(24)27(33)31(28)25-14-10-8-11-21(25)18(2)3/h6-14,16,18H,1,15,17H2,2-5H3. The van der Waals surface area contributed by atoms with Crippen LogP contribution in [0.5, 0.6) is 0 Å². The van der Waals surface area contributed by atoms with Crippen LogP contribution in [0.1, 0.15) is 47.1 Å². The minimum absolute atomic E-state index is 0.0134. The van der Waals surface area contributed by atoms with Crippen LogP contribution in [-0.2, 0) is 6.54 Å². The fourth-order valence-corrected chi connectivity index (χ4v) is 5.19. The number of fused-ring (bicyclic) bond motifs is 1. The zero-order chi connectivity index (χ0) is 24.4. The van der Waals surface area contributed by atoms with Crippen LogP contribution in [0.3, 0.4) is 0 Å². The van der Waals surface area contributed by atoms with Crippen molar-refractivity contribution in [2.75, 3.05) is 5.75 Å². The van der Waals surface area contributed by atoms with Gasteiger partial charge in [0.2, 0.25) is 0 Å². The van der Waals surface area contributed by atoms with Crippen molar-refractivity contribution < 1.29 is 4.79 Å². The van der Waals surface area contributed by atoms with E-state index in [0.717, 1.165) is 22.6 Å². The second kappa shape index (κ2) is 9.85. The van der Waals surface area contributed by atoms with E-state index < -0.39 is 0 Å². The number of aromatic nitrogens is 3. The van der Waals surface area contributed by atoms with Gasteiger partial charge in [0, 0.05) is 23.5 Å². The van der Waals surface area contributed by atoms with Gasteiger partial charge in [-0.15, -0.1) is 6.58 Å². The maximum absolute atomic E-state index is 13.6. The SMILES string of the molecule is C=CCn1c(C)cc(C(=O)CSc2nc3ccccc3c(=O)n2-c2ccccc2C(C)C)c1C. The van der Waals surface area contributed by atoms with Gasteiger partial charge in [-0.25, -0.2) is 4.98 Å². The normalized spacial score (nSPS) is 11.3. The van der Waals surface area contributed by atoms with E-state index in [-0.39, 0.29) is 23.0 Å². The van der Waals surface area contributed by atoms with Gasteiger partial charge >= 0.3 is 0 Å². The van der Waals surface area contributed by atoms with Crippen molar-refractivity contribution >= 4 is 28.4 Å². The van der Waals surface area contributed by atoms with Crippen LogP contribution in [0.25, 0.3) is 16.6 Å². The number of thioether (sulfide) groups is 1. The van der Waals surface area contributed by atoms with Crippen LogP contribution in [0.4, 0.5) is 0 Å². The first-order chi connectivity index (χ1) is 16.3. The lowest BCUT2D eigenvalue weighted by Crippen LogP contribution is -2.23. The van der Waals surface area contributed by atoms with Crippen molar-refractivity contribution in [2.45, 2.75) is 45.3 Å². The highest BCUT2D eigenvalue weighted by molar-refractivity contribution is 7.99. The second-order valence-electron chi connectivity index (χ2n) is 8.66. The Bertz CT molecular complexity index is 1450. The lowest BCUT2D eigenvalue weighted by atomic mass is 10.0. The van der Waals surface area contributed by atoms with Crippen LogP contribution in [0.15, 0.2) is 77.2 Å². The molecule has 0 fully saturated rings. The Balaban J connectivity index is 1.78. The largest absolute Gasteiger partial charge is 0.345 e. The Kier molecular flexibility index (Phi) is 6.89. The molecular formula is C28H29N3O2S. The summed E-state index contributed by atoms with van der Waals surface area (Å²) in [5, 5.41) is 1.08. The molecule has 174 valence electrons. The van der Waals surface area contributed by atoms with Gasteiger partial charge in [-0.3, -0.25) is 14.2 Å². The van der Waals surface area contributed by atoms with Gasteiger partial charge in [0.1, 0.15) is 0 Å². The third-order valence-electron chi connectivity index (χ3n) is 6.06. The summed E-state index contributed by atoms with van der Waals surface area (Å²) in [5.74, 6) is 0.427. The van der Waals surface area contributed by atoms with E-state index in [2.05, 4.69) is 25.0 Å². The summed E-state index contributed by atoms with van der Waals surface area (Å²) in [6.45, 7) is 12.6. The molecule has 0 N–H and O–H groups in total. The average molecular weight is 472 g/mol. The number of para-hydroxylation sites is 2. The van der Waals surface area contributed by atoms with Crippen molar-refractivity contribution in [2.24, 2.45) is 0 Å². The first-order valence-corrected chi connectivity index (χ1v) is 12.4. The third-order valence-corrected chi connectivity index (χ3v) is 7.00. The number of ketones is 1. The van der Waals surface area contributed by atoms with E-state index >= 15 is 0 Å². The molecule has 0 amide bonds. The molecule has 6 heteroatoms. The summed E-state index contributed by atoms with van der Waals surface area (Å²) in [7, 11) is 0. The average Bonchev–Trinajstić information content (AvgIpc) is 3.11. The molecule has 0 aliphatic heterocycles.